The van der Waals surface area contributed by atoms with E-state index in [9.17, 15) is 0 Å². The molecule has 3 heterocycles. The largest absolute Gasteiger partial charge is 0.371 e. The zero-order valence-electron chi connectivity index (χ0n) is 21.5. The monoisotopic (exact) mass is 521 g/mol. The van der Waals surface area contributed by atoms with Crippen molar-refractivity contribution in [2.75, 3.05) is 16.8 Å². The third-order valence-electron chi connectivity index (χ3n) is 7.88. The van der Waals surface area contributed by atoms with E-state index in [2.05, 4.69) is 136 Å². The fourth-order valence-electron chi connectivity index (χ4n) is 6.15. The van der Waals surface area contributed by atoms with Gasteiger partial charge in [0.2, 0.25) is 0 Å². The molecule has 3 nitrogen and oxygen atoms in total. The Morgan fingerprint density at radius 3 is 2.31 bits per heavy atom. The van der Waals surface area contributed by atoms with E-state index in [1.165, 1.54) is 54.2 Å². The molecule has 4 heteroatoms. The summed E-state index contributed by atoms with van der Waals surface area (Å²) in [7, 11) is 0. The van der Waals surface area contributed by atoms with E-state index in [4.69, 9.17) is 0 Å². The Balaban J connectivity index is 1.30. The number of fused-ring (bicyclic) bond motifs is 6. The van der Waals surface area contributed by atoms with E-state index < -0.39 is 0 Å². The maximum atomic E-state index is 3.75. The zero-order valence-corrected chi connectivity index (χ0v) is 22.3. The summed E-state index contributed by atoms with van der Waals surface area (Å²) in [6, 6.07) is 37.1. The highest BCUT2D eigenvalue weighted by Gasteiger charge is 2.23. The number of hydrogen-bond acceptors (Lipinski definition) is 3. The molecular weight excluding hydrogens is 494 g/mol. The van der Waals surface area contributed by atoms with Gasteiger partial charge in [-0.25, -0.2) is 0 Å². The Labute approximate surface area is 231 Å². The smallest absolute Gasteiger partial charge is 0.0972 e. The van der Waals surface area contributed by atoms with E-state index in [1.54, 1.807) is 0 Å². The molecule has 0 saturated carbocycles. The summed E-state index contributed by atoms with van der Waals surface area (Å²) >= 11 is 1.85. The van der Waals surface area contributed by atoms with Crippen molar-refractivity contribution in [1.82, 2.24) is 4.57 Å². The van der Waals surface area contributed by atoms with Crippen LogP contribution in [0.2, 0.25) is 0 Å². The molecule has 0 fully saturated rings. The number of thiophene rings is 1. The number of nitrogens with one attached hydrogen (secondary N) is 1. The molecule has 8 rings (SSSR count). The number of aryl methyl sites for hydroxylation is 1. The lowest BCUT2D eigenvalue weighted by Crippen LogP contribution is -2.24. The lowest BCUT2D eigenvalue weighted by Gasteiger charge is -2.30. The van der Waals surface area contributed by atoms with Gasteiger partial charge in [0.25, 0.3) is 0 Å². The van der Waals surface area contributed by atoms with Gasteiger partial charge in [0.05, 0.1) is 17.1 Å². The van der Waals surface area contributed by atoms with E-state index in [-0.39, 0.29) is 0 Å². The molecule has 0 spiro atoms. The Bertz CT molecular complexity index is 1870. The topological polar surface area (TPSA) is 20.2 Å². The third-order valence-corrected chi connectivity index (χ3v) is 9.03. The summed E-state index contributed by atoms with van der Waals surface area (Å²) in [6.07, 6.45) is 9.21. The lowest BCUT2D eigenvalue weighted by molar-refractivity contribution is 0.968. The Morgan fingerprint density at radius 1 is 0.769 bits per heavy atom. The second-order valence-electron chi connectivity index (χ2n) is 10.2. The van der Waals surface area contributed by atoms with Gasteiger partial charge < -0.3 is 14.8 Å². The molecule has 0 atom stereocenters. The first-order valence-corrected chi connectivity index (χ1v) is 14.4. The van der Waals surface area contributed by atoms with Gasteiger partial charge in [-0.3, -0.25) is 0 Å². The second kappa shape index (κ2) is 9.04. The Hall–Kier alpha value is -4.54. The van der Waals surface area contributed by atoms with Crippen molar-refractivity contribution in [3.05, 3.63) is 132 Å². The number of nitrogens with zero attached hydrogens (tertiary/aromatic N) is 2. The SMILES string of the molecule is C1=Cc2c(c3ccccc3n2-c2ccc3sc4c(c3c2)C=C(N(c2ccccc2)c2ccccc2)CN4)CC1. The molecule has 1 aliphatic heterocycles. The van der Waals surface area contributed by atoms with Crippen molar-refractivity contribution >= 4 is 60.9 Å². The summed E-state index contributed by atoms with van der Waals surface area (Å²) in [5, 5.41) is 7.65. The fourth-order valence-corrected chi connectivity index (χ4v) is 7.21. The summed E-state index contributed by atoms with van der Waals surface area (Å²) in [4.78, 5) is 2.36. The molecule has 1 aliphatic carbocycles. The van der Waals surface area contributed by atoms with Gasteiger partial charge in [-0.2, -0.15) is 0 Å². The minimum atomic E-state index is 0.775. The highest BCUT2D eigenvalue weighted by Crippen LogP contribution is 2.43. The van der Waals surface area contributed by atoms with Crippen LogP contribution in [-0.4, -0.2) is 11.1 Å². The van der Waals surface area contributed by atoms with Crippen LogP contribution in [0.4, 0.5) is 16.4 Å². The maximum Gasteiger partial charge on any atom is 0.0972 e. The number of hydrogen-bond donors (Lipinski definition) is 1. The minimum absolute atomic E-state index is 0.775. The number of benzene rings is 4. The molecule has 6 aromatic rings. The average Bonchev–Trinajstić information content (AvgIpc) is 3.53. The van der Waals surface area contributed by atoms with Crippen molar-refractivity contribution < 1.29 is 0 Å². The molecule has 0 saturated heterocycles. The minimum Gasteiger partial charge on any atom is -0.371 e. The Kier molecular flexibility index (Phi) is 5.20. The van der Waals surface area contributed by atoms with E-state index in [0.29, 0.717) is 0 Å². The van der Waals surface area contributed by atoms with E-state index >= 15 is 0 Å². The molecule has 0 radical (unpaired) electrons. The first kappa shape index (κ1) is 22.4. The van der Waals surface area contributed by atoms with Gasteiger partial charge in [0.1, 0.15) is 0 Å². The van der Waals surface area contributed by atoms with Crippen LogP contribution in [0.25, 0.3) is 38.8 Å². The van der Waals surface area contributed by atoms with Gasteiger partial charge in [-0.15, -0.1) is 11.3 Å². The fraction of sp³-hybridized carbons (Fsp3) is 0.0857. The second-order valence-corrected chi connectivity index (χ2v) is 11.2. The molecule has 2 aromatic heterocycles. The summed E-state index contributed by atoms with van der Waals surface area (Å²) < 4.78 is 3.76. The van der Waals surface area contributed by atoms with Crippen LogP contribution in [0.1, 0.15) is 23.2 Å². The normalized spacial score (nSPS) is 14.1. The lowest BCUT2D eigenvalue weighted by atomic mass is 10.0. The number of anilines is 3. The van der Waals surface area contributed by atoms with Crippen LogP contribution in [0.15, 0.2) is 115 Å². The first-order chi connectivity index (χ1) is 19.3. The predicted octanol–water partition coefficient (Wildman–Crippen LogP) is 9.41. The van der Waals surface area contributed by atoms with Crippen molar-refractivity contribution in [2.45, 2.75) is 12.8 Å². The van der Waals surface area contributed by atoms with Gasteiger partial charge >= 0.3 is 0 Å². The number of para-hydroxylation sites is 3. The molecule has 0 amide bonds. The van der Waals surface area contributed by atoms with Crippen LogP contribution in [0, 0.1) is 0 Å². The summed E-state index contributed by atoms with van der Waals surface area (Å²) in [5.41, 5.74) is 10.1. The van der Waals surface area contributed by atoms with Crippen LogP contribution >= 0.6 is 11.3 Å². The van der Waals surface area contributed by atoms with Crippen molar-refractivity contribution in [1.29, 1.82) is 0 Å². The number of aromatic nitrogens is 1. The van der Waals surface area contributed by atoms with Gasteiger partial charge in [-0.1, -0.05) is 60.7 Å². The molecule has 0 unspecified atom stereocenters. The number of rotatable bonds is 4. The first-order valence-electron chi connectivity index (χ1n) is 13.6. The highest BCUT2D eigenvalue weighted by molar-refractivity contribution is 7.23. The molecule has 2 aliphatic rings. The van der Waals surface area contributed by atoms with Crippen molar-refractivity contribution in [3.63, 3.8) is 0 Å². The van der Waals surface area contributed by atoms with E-state index in [0.717, 1.165) is 30.8 Å². The zero-order chi connectivity index (χ0) is 25.8. The predicted molar refractivity (Wildman–Crippen MR) is 168 cm³/mol. The van der Waals surface area contributed by atoms with Gasteiger partial charge in [0.15, 0.2) is 0 Å². The highest BCUT2D eigenvalue weighted by atomic mass is 32.1. The van der Waals surface area contributed by atoms with Crippen molar-refractivity contribution in [3.8, 4) is 5.69 Å². The quantitative estimate of drug-likeness (QED) is 0.249. The number of allylic oxidation sites excluding steroid dienone is 1. The van der Waals surface area contributed by atoms with Gasteiger partial charge in [0, 0.05) is 49.5 Å². The molecule has 1 N–H and O–H groups in total. The molecular formula is C35H27N3S. The maximum absolute atomic E-state index is 3.75. The molecule has 39 heavy (non-hydrogen) atoms. The molecule has 188 valence electrons. The van der Waals surface area contributed by atoms with Crippen molar-refractivity contribution in [2.24, 2.45) is 0 Å². The molecule has 4 aromatic carbocycles. The van der Waals surface area contributed by atoms with Crippen LogP contribution in [0.5, 0.6) is 0 Å². The third kappa shape index (κ3) is 3.63. The van der Waals surface area contributed by atoms with Crippen LogP contribution in [0.3, 0.4) is 0 Å². The summed E-state index contributed by atoms with van der Waals surface area (Å²) in [6.45, 7) is 0.775. The van der Waals surface area contributed by atoms with Crippen LogP contribution in [-0.2, 0) is 6.42 Å². The summed E-state index contributed by atoms with van der Waals surface area (Å²) in [5.74, 6) is 0. The standard InChI is InChI=1S/C35H27N3S/c1-3-11-24(12-4-1)37(25-13-5-2-6-14-25)27-22-31-30-21-26(19-20-34(30)39-35(31)36-23-27)38-32-17-9-7-15-28(32)29-16-8-10-18-33(29)38/h1-7,9-15,17-22,36H,8,16,23H2. The van der Waals surface area contributed by atoms with Crippen LogP contribution < -0.4 is 10.2 Å². The van der Waals surface area contributed by atoms with E-state index in [1.807, 2.05) is 11.3 Å². The van der Waals surface area contributed by atoms with Gasteiger partial charge in [-0.05, 0) is 79.1 Å². The average molecular weight is 522 g/mol. The Morgan fingerprint density at radius 2 is 1.51 bits per heavy atom. The molecule has 0 bridgehead atoms.